The van der Waals surface area contributed by atoms with Gasteiger partial charge in [0, 0.05) is 0 Å². The Bertz CT molecular complexity index is 169. The summed E-state index contributed by atoms with van der Waals surface area (Å²) in [5, 5.41) is 0. The highest BCUT2D eigenvalue weighted by molar-refractivity contribution is 6.01. The zero-order valence-corrected chi connectivity index (χ0v) is 7.00. The van der Waals surface area contributed by atoms with Gasteiger partial charge >= 0.3 is 0 Å². The van der Waals surface area contributed by atoms with Crippen LogP contribution in [0.25, 0.3) is 0 Å². The molecule has 0 rings (SSSR count). The van der Waals surface area contributed by atoms with Gasteiger partial charge in [-0.25, -0.2) is 0 Å². The standard InChI is InChI=1S/C6H13N3O2/c1-9(2,3)4(5(7)10)6(8)11/h4H,1-3H3,(H3-,7,8,10,11)/p+1. The van der Waals surface area contributed by atoms with Gasteiger partial charge in [-0.1, -0.05) is 0 Å². The lowest BCUT2D eigenvalue weighted by molar-refractivity contribution is -0.877. The number of likely N-dealkylation sites (N-methyl/N-ethyl adjacent to an activating group) is 1. The van der Waals surface area contributed by atoms with Crippen LogP contribution in [-0.2, 0) is 9.59 Å². The van der Waals surface area contributed by atoms with Crippen molar-refractivity contribution in [2.75, 3.05) is 21.1 Å². The molecule has 5 heteroatoms. The van der Waals surface area contributed by atoms with Crippen molar-refractivity contribution >= 4 is 11.8 Å². The molecular formula is C6H14N3O2+. The maximum absolute atomic E-state index is 10.7. The molecule has 2 amide bonds. The molecule has 0 aliphatic heterocycles. The third-order valence-electron chi connectivity index (χ3n) is 1.31. The van der Waals surface area contributed by atoms with Gasteiger partial charge < -0.3 is 16.0 Å². The Morgan fingerprint density at radius 1 is 1.09 bits per heavy atom. The number of amides is 2. The first-order valence-corrected chi connectivity index (χ1v) is 3.16. The minimum Gasteiger partial charge on any atom is -0.364 e. The maximum atomic E-state index is 10.7. The summed E-state index contributed by atoms with van der Waals surface area (Å²) >= 11 is 0. The fourth-order valence-electron chi connectivity index (χ4n) is 0.904. The lowest BCUT2D eigenvalue weighted by Crippen LogP contribution is -2.58. The Labute approximate surface area is 65.5 Å². The molecule has 0 aromatic rings. The Hall–Kier alpha value is -1.10. The molecule has 0 saturated heterocycles. The van der Waals surface area contributed by atoms with E-state index in [0.717, 1.165) is 0 Å². The van der Waals surface area contributed by atoms with E-state index in [1.54, 1.807) is 21.1 Å². The smallest absolute Gasteiger partial charge is 0.285 e. The molecule has 5 nitrogen and oxygen atoms in total. The summed E-state index contributed by atoms with van der Waals surface area (Å²) in [6, 6.07) is -0.949. The molecule has 0 fully saturated rings. The van der Waals surface area contributed by atoms with E-state index in [0.29, 0.717) is 0 Å². The average Bonchev–Trinajstić information content (AvgIpc) is 1.54. The van der Waals surface area contributed by atoms with Gasteiger partial charge in [0.1, 0.15) is 0 Å². The lowest BCUT2D eigenvalue weighted by Gasteiger charge is -2.29. The molecule has 0 saturated carbocycles. The number of carbonyl (C=O) groups excluding carboxylic acids is 2. The minimum absolute atomic E-state index is 0.130. The molecule has 0 heterocycles. The number of nitrogens with two attached hydrogens (primary N) is 2. The largest absolute Gasteiger partial charge is 0.364 e. The molecule has 0 bridgehead atoms. The molecule has 0 aromatic carbocycles. The first-order valence-electron chi connectivity index (χ1n) is 3.16. The predicted octanol–water partition coefficient (Wildman–Crippen LogP) is -1.97. The minimum atomic E-state index is -0.949. The Morgan fingerprint density at radius 2 is 1.36 bits per heavy atom. The maximum Gasteiger partial charge on any atom is 0.285 e. The highest BCUT2D eigenvalue weighted by Crippen LogP contribution is 2.00. The summed E-state index contributed by atoms with van der Waals surface area (Å²) in [4.78, 5) is 21.4. The van der Waals surface area contributed by atoms with Crippen LogP contribution in [0.4, 0.5) is 0 Å². The van der Waals surface area contributed by atoms with Gasteiger partial charge in [-0.2, -0.15) is 0 Å². The molecule has 0 atom stereocenters. The number of nitrogens with zero attached hydrogens (tertiary/aromatic N) is 1. The fraction of sp³-hybridized carbons (Fsp3) is 0.667. The van der Waals surface area contributed by atoms with E-state index in [4.69, 9.17) is 11.5 Å². The van der Waals surface area contributed by atoms with Crippen molar-refractivity contribution in [1.82, 2.24) is 0 Å². The summed E-state index contributed by atoms with van der Waals surface area (Å²) in [7, 11) is 5.04. The van der Waals surface area contributed by atoms with Crippen LogP contribution >= 0.6 is 0 Å². The summed E-state index contributed by atoms with van der Waals surface area (Å²) in [6.07, 6.45) is 0. The topological polar surface area (TPSA) is 86.2 Å². The quantitative estimate of drug-likeness (QED) is 0.370. The van der Waals surface area contributed by atoms with Crippen molar-refractivity contribution in [3.05, 3.63) is 0 Å². The van der Waals surface area contributed by atoms with Gasteiger partial charge in [-0.3, -0.25) is 9.59 Å². The summed E-state index contributed by atoms with van der Waals surface area (Å²) in [5.41, 5.74) is 9.94. The van der Waals surface area contributed by atoms with E-state index in [9.17, 15) is 9.59 Å². The van der Waals surface area contributed by atoms with Crippen molar-refractivity contribution in [1.29, 1.82) is 0 Å². The number of hydrogen-bond acceptors (Lipinski definition) is 2. The molecule has 0 aromatic heterocycles. The zero-order valence-electron chi connectivity index (χ0n) is 7.00. The van der Waals surface area contributed by atoms with Crippen LogP contribution in [0.2, 0.25) is 0 Å². The van der Waals surface area contributed by atoms with Crippen molar-refractivity contribution in [2.45, 2.75) is 6.04 Å². The van der Waals surface area contributed by atoms with Crippen LogP contribution < -0.4 is 11.5 Å². The zero-order chi connectivity index (χ0) is 9.23. The third-order valence-corrected chi connectivity index (χ3v) is 1.31. The normalized spacial score (nSPS) is 11.6. The third kappa shape index (κ3) is 2.55. The second kappa shape index (κ2) is 2.87. The van der Waals surface area contributed by atoms with Crippen LogP contribution in [0.1, 0.15) is 0 Å². The summed E-state index contributed by atoms with van der Waals surface area (Å²) in [5.74, 6) is -1.38. The molecule has 64 valence electrons. The highest BCUT2D eigenvalue weighted by Gasteiger charge is 2.34. The molecule has 0 spiro atoms. The Kier molecular flexibility index (Phi) is 2.59. The highest BCUT2D eigenvalue weighted by atomic mass is 16.2. The number of carbonyl (C=O) groups is 2. The monoisotopic (exact) mass is 160 g/mol. The lowest BCUT2D eigenvalue weighted by atomic mass is 10.2. The van der Waals surface area contributed by atoms with E-state index in [-0.39, 0.29) is 4.48 Å². The first-order chi connectivity index (χ1) is 4.76. The average molecular weight is 160 g/mol. The molecule has 0 unspecified atom stereocenters. The van der Waals surface area contributed by atoms with Gasteiger partial charge in [0.2, 0.25) is 6.04 Å². The van der Waals surface area contributed by atoms with Crippen LogP contribution in [-0.4, -0.2) is 43.5 Å². The van der Waals surface area contributed by atoms with E-state index in [2.05, 4.69) is 0 Å². The summed E-state index contributed by atoms with van der Waals surface area (Å²) < 4.78 is 0.130. The number of rotatable bonds is 3. The van der Waals surface area contributed by atoms with Gasteiger partial charge in [0.05, 0.1) is 21.1 Å². The second-order valence-electron chi connectivity index (χ2n) is 3.32. The van der Waals surface area contributed by atoms with Gasteiger partial charge in [-0.15, -0.1) is 0 Å². The van der Waals surface area contributed by atoms with Gasteiger partial charge in [0.15, 0.2) is 0 Å². The number of primary amides is 2. The Balaban J connectivity index is 4.63. The van der Waals surface area contributed by atoms with Crippen LogP contribution in [0.3, 0.4) is 0 Å². The van der Waals surface area contributed by atoms with Gasteiger partial charge in [-0.05, 0) is 0 Å². The van der Waals surface area contributed by atoms with Crippen LogP contribution in [0.15, 0.2) is 0 Å². The second-order valence-corrected chi connectivity index (χ2v) is 3.32. The van der Waals surface area contributed by atoms with E-state index in [1.165, 1.54) is 0 Å². The van der Waals surface area contributed by atoms with Crippen molar-refractivity contribution in [3.63, 3.8) is 0 Å². The van der Waals surface area contributed by atoms with Gasteiger partial charge in [0.25, 0.3) is 11.8 Å². The molecule has 0 aliphatic carbocycles. The molecule has 0 radical (unpaired) electrons. The molecule has 11 heavy (non-hydrogen) atoms. The first kappa shape index (κ1) is 9.90. The molecule has 0 aliphatic rings. The van der Waals surface area contributed by atoms with E-state index < -0.39 is 17.9 Å². The van der Waals surface area contributed by atoms with E-state index in [1.807, 2.05) is 0 Å². The summed E-state index contributed by atoms with van der Waals surface area (Å²) in [6.45, 7) is 0. The fourth-order valence-corrected chi connectivity index (χ4v) is 0.904. The number of quaternary nitrogens is 1. The van der Waals surface area contributed by atoms with E-state index >= 15 is 0 Å². The van der Waals surface area contributed by atoms with Crippen LogP contribution in [0, 0.1) is 0 Å². The molecular weight excluding hydrogens is 146 g/mol. The Morgan fingerprint density at radius 3 is 1.36 bits per heavy atom. The number of hydrogen-bond donors (Lipinski definition) is 2. The van der Waals surface area contributed by atoms with Crippen molar-refractivity contribution < 1.29 is 14.1 Å². The predicted molar refractivity (Wildman–Crippen MR) is 40.2 cm³/mol. The molecule has 4 N–H and O–H groups in total. The van der Waals surface area contributed by atoms with Crippen molar-refractivity contribution in [2.24, 2.45) is 11.5 Å². The SMILES string of the molecule is C[N+](C)(C)C(C(N)=O)C(N)=O. The van der Waals surface area contributed by atoms with Crippen LogP contribution in [0.5, 0.6) is 0 Å². The van der Waals surface area contributed by atoms with Crippen molar-refractivity contribution in [3.8, 4) is 0 Å².